The monoisotopic (exact) mass is 316 g/mol. The van der Waals surface area contributed by atoms with Crippen molar-refractivity contribution in [2.75, 3.05) is 7.05 Å². The lowest BCUT2D eigenvalue weighted by molar-refractivity contribution is 0.0685. The lowest BCUT2D eigenvalue weighted by Crippen LogP contribution is -2.38. The average Bonchev–Trinajstić information content (AvgIpc) is 2.82. The highest BCUT2D eigenvalue weighted by molar-refractivity contribution is 7.89. The molecular weight excluding hydrogens is 292 g/mol. The van der Waals surface area contributed by atoms with Crippen LogP contribution in [0.3, 0.4) is 0 Å². The van der Waals surface area contributed by atoms with Crippen molar-refractivity contribution in [3.8, 4) is 0 Å². The molecule has 0 aliphatic carbocycles. The van der Waals surface area contributed by atoms with Crippen LogP contribution in [0, 0.1) is 5.92 Å². The highest BCUT2D eigenvalue weighted by Gasteiger charge is 2.29. The van der Waals surface area contributed by atoms with Gasteiger partial charge in [0.15, 0.2) is 0 Å². The Morgan fingerprint density at radius 2 is 1.95 bits per heavy atom. The Bertz CT molecular complexity index is 604. The second-order valence-electron chi connectivity index (χ2n) is 5.57. The van der Waals surface area contributed by atoms with Crippen molar-refractivity contribution < 1.29 is 18.3 Å². The number of rotatable bonds is 7. The molecular formula is C14H24N2O4S. The molecule has 0 saturated carbocycles. The molecule has 1 aromatic heterocycles. The summed E-state index contributed by atoms with van der Waals surface area (Å²) in [5.41, 5.74) is 0.000949. The predicted octanol–water partition coefficient (Wildman–Crippen LogP) is 2.26. The van der Waals surface area contributed by atoms with Crippen LogP contribution in [0.25, 0.3) is 0 Å². The minimum atomic E-state index is -3.69. The van der Waals surface area contributed by atoms with E-state index in [2.05, 4.69) is 0 Å². The second-order valence-corrected chi connectivity index (χ2v) is 7.56. The molecule has 1 aromatic rings. The van der Waals surface area contributed by atoms with E-state index in [1.807, 2.05) is 27.7 Å². The van der Waals surface area contributed by atoms with Crippen LogP contribution >= 0.6 is 0 Å². The molecule has 0 bridgehead atoms. The Balaban J connectivity index is 3.26. The fourth-order valence-corrected chi connectivity index (χ4v) is 3.57. The van der Waals surface area contributed by atoms with Crippen LogP contribution < -0.4 is 0 Å². The quantitative estimate of drug-likeness (QED) is 0.837. The number of hydrogen-bond acceptors (Lipinski definition) is 3. The van der Waals surface area contributed by atoms with Gasteiger partial charge in [-0.25, -0.2) is 13.2 Å². The first-order valence-corrected chi connectivity index (χ1v) is 8.48. The van der Waals surface area contributed by atoms with Gasteiger partial charge in [0.1, 0.15) is 10.6 Å². The molecule has 0 radical (unpaired) electrons. The van der Waals surface area contributed by atoms with Crippen LogP contribution in [-0.2, 0) is 16.6 Å². The molecule has 21 heavy (non-hydrogen) atoms. The highest BCUT2D eigenvalue weighted by atomic mass is 32.2. The van der Waals surface area contributed by atoms with Crippen molar-refractivity contribution in [2.45, 2.75) is 51.6 Å². The van der Waals surface area contributed by atoms with Gasteiger partial charge in [0, 0.05) is 25.8 Å². The molecule has 1 N–H and O–H groups in total. The van der Waals surface area contributed by atoms with E-state index in [0.29, 0.717) is 6.54 Å². The molecule has 0 aliphatic heterocycles. The molecule has 120 valence electrons. The summed E-state index contributed by atoms with van der Waals surface area (Å²) in [6.45, 7) is 8.11. The van der Waals surface area contributed by atoms with Gasteiger partial charge in [0.05, 0.1) is 0 Å². The number of carboxylic acids is 1. The number of aromatic carboxylic acids is 1. The van der Waals surface area contributed by atoms with Crippen LogP contribution in [0.5, 0.6) is 0 Å². The molecule has 7 heteroatoms. The summed E-state index contributed by atoms with van der Waals surface area (Å²) >= 11 is 0. The number of aromatic nitrogens is 1. The lowest BCUT2D eigenvalue weighted by atomic mass is 10.1. The summed E-state index contributed by atoms with van der Waals surface area (Å²) in [7, 11) is -2.16. The van der Waals surface area contributed by atoms with Gasteiger partial charge in [0.2, 0.25) is 10.0 Å². The second kappa shape index (κ2) is 6.62. The van der Waals surface area contributed by atoms with Crippen LogP contribution in [0.1, 0.15) is 44.6 Å². The maximum absolute atomic E-state index is 12.6. The molecule has 1 unspecified atom stereocenters. The maximum atomic E-state index is 12.6. The molecule has 1 atom stereocenters. The van der Waals surface area contributed by atoms with Crippen molar-refractivity contribution in [1.29, 1.82) is 0 Å². The molecule has 0 amide bonds. The van der Waals surface area contributed by atoms with Gasteiger partial charge in [-0.1, -0.05) is 20.8 Å². The van der Waals surface area contributed by atoms with E-state index in [1.54, 1.807) is 0 Å². The fourth-order valence-electron chi connectivity index (χ4n) is 2.03. The Hall–Kier alpha value is -1.34. The largest absolute Gasteiger partial charge is 0.477 e. The Kier molecular flexibility index (Phi) is 5.58. The van der Waals surface area contributed by atoms with Crippen LogP contribution in [0.15, 0.2) is 17.2 Å². The van der Waals surface area contributed by atoms with Gasteiger partial charge in [-0.15, -0.1) is 0 Å². The van der Waals surface area contributed by atoms with Crippen molar-refractivity contribution in [3.63, 3.8) is 0 Å². The van der Waals surface area contributed by atoms with Gasteiger partial charge < -0.3 is 9.67 Å². The number of sulfonamides is 1. The van der Waals surface area contributed by atoms with Crippen molar-refractivity contribution >= 4 is 16.0 Å². The van der Waals surface area contributed by atoms with Crippen molar-refractivity contribution in [2.24, 2.45) is 5.92 Å². The number of nitrogens with zero attached hydrogens (tertiary/aromatic N) is 2. The van der Waals surface area contributed by atoms with Crippen molar-refractivity contribution in [3.05, 3.63) is 18.0 Å². The fraction of sp³-hybridized carbons (Fsp3) is 0.643. The van der Waals surface area contributed by atoms with E-state index < -0.39 is 16.0 Å². The lowest BCUT2D eigenvalue weighted by Gasteiger charge is -2.26. The van der Waals surface area contributed by atoms with Gasteiger partial charge >= 0.3 is 5.97 Å². The first-order valence-electron chi connectivity index (χ1n) is 7.04. The normalized spacial score (nSPS) is 13.9. The van der Waals surface area contributed by atoms with Crippen LogP contribution in [-0.4, -0.2) is 41.5 Å². The average molecular weight is 316 g/mol. The van der Waals surface area contributed by atoms with Gasteiger partial charge in [-0.3, -0.25) is 0 Å². The molecule has 0 spiro atoms. The van der Waals surface area contributed by atoms with E-state index in [-0.39, 0.29) is 22.5 Å². The smallest absolute Gasteiger partial charge is 0.352 e. The zero-order chi connectivity index (χ0) is 16.4. The first-order chi connectivity index (χ1) is 9.62. The summed E-state index contributed by atoms with van der Waals surface area (Å²) in [6.07, 6.45) is 2.14. The number of carbonyl (C=O) groups is 1. The Morgan fingerprint density at radius 3 is 2.38 bits per heavy atom. The van der Waals surface area contributed by atoms with E-state index in [4.69, 9.17) is 0 Å². The number of aryl methyl sites for hydroxylation is 1. The number of hydrogen-bond donors (Lipinski definition) is 1. The Labute approximate surface area is 126 Å². The van der Waals surface area contributed by atoms with Gasteiger partial charge in [-0.05, 0) is 25.3 Å². The zero-order valence-electron chi connectivity index (χ0n) is 13.2. The van der Waals surface area contributed by atoms with Gasteiger partial charge in [-0.2, -0.15) is 4.31 Å². The molecule has 0 saturated heterocycles. The van der Waals surface area contributed by atoms with Gasteiger partial charge in [0.25, 0.3) is 0 Å². The zero-order valence-corrected chi connectivity index (χ0v) is 14.0. The van der Waals surface area contributed by atoms with E-state index >= 15 is 0 Å². The minimum Gasteiger partial charge on any atom is -0.477 e. The summed E-state index contributed by atoms with van der Waals surface area (Å²) in [6, 6.07) is 1.06. The standard InChI is InChI=1S/C14H24N2O4S/c1-6-7-16-9-12(8-13(16)14(17)18)21(19,20)15(5)11(4)10(2)3/h8-11H,6-7H2,1-5H3,(H,17,18). The van der Waals surface area contributed by atoms with E-state index in [1.165, 1.54) is 28.2 Å². The molecule has 0 fully saturated rings. The topological polar surface area (TPSA) is 79.6 Å². The van der Waals surface area contributed by atoms with Crippen LogP contribution in [0.2, 0.25) is 0 Å². The molecule has 6 nitrogen and oxygen atoms in total. The van der Waals surface area contributed by atoms with Crippen LogP contribution in [0.4, 0.5) is 0 Å². The molecule has 1 rings (SSSR count). The predicted molar refractivity (Wildman–Crippen MR) is 80.9 cm³/mol. The first kappa shape index (κ1) is 17.7. The summed E-state index contributed by atoms with van der Waals surface area (Å²) in [5.74, 6) is -0.953. The molecule has 0 aliphatic rings. The third-order valence-electron chi connectivity index (χ3n) is 3.77. The SMILES string of the molecule is CCCn1cc(S(=O)(=O)N(C)C(C)C(C)C)cc1C(=O)O. The van der Waals surface area contributed by atoms with E-state index in [0.717, 1.165) is 6.42 Å². The molecule has 0 aromatic carbocycles. The molecule has 1 heterocycles. The summed E-state index contributed by atoms with van der Waals surface area (Å²) in [4.78, 5) is 11.3. The highest BCUT2D eigenvalue weighted by Crippen LogP contribution is 2.22. The summed E-state index contributed by atoms with van der Waals surface area (Å²) in [5, 5.41) is 9.18. The van der Waals surface area contributed by atoms with E-state index in [9.17, 15) is 18.3 Å². The summed E-state index contributed by atoms with van der Waals surface area (Å²) < 4.78 is 28.0. The third kappa shape index (κ3) is 3.65. The maximum Gasteiger partial charge on any atom is 0.352 e. The minimum absolute atomic E-state index is 0.000949. The third-order valence-corrected chi connectivity index (χ3v) is 5.68. The Morgan fingerprint density at radius 1 is 1.38 bits per heavy atom. The van der Waals surface area contributed by atoms with Crippen molar-refractivity contribution in [1.82, 2.24) is 8.87 Å². The number of carboxylic acid groups (broad SMARTS) is 1.